The van der Waals surface area contributed by atoms with E-state index < -0.39 is 0 Å². The highest BCUT2D eigenvalue weighted by Gasteiger charge is 2.00. The van der Waals surface area contributed by atoms with Crippen molar-refractivity contribution >= 4 is 0 Å². The Bertz CT molecular complexity index is 199. The molecule has 0 aliphatic carbocycles. The van der Waals surface area contributed by atoms with Crippen molar-refractivity contribution in [3.8, 4) is 0 Å². The topological polar surface area (TPSA) is 50.9 Å². The van der Waals surface area contributed by atoms with Crippen LogP contribution in [0.4, 0.5) is 0 Å². The Balaban J connectivity index is 2.77. The Hall–Kier alpha value is -0.900. The van der Waals surface area contributed by atoms with E-state index in [9.17, 15) is 0 Å². The second-order valence-corrected chi connectivity index (χ2v) is 2.17. The molecule has 0 saturated heterocycles. The number of hydrogen-bond donors (Lipinski definition) is 1. The number of hydrogen-bond acceptors (Lipinski definition) is 3. The zero-order valence-corrected chi connectivity index (χ0v) is 6.20. The van der Waals surface area contributed by atoms with Crippen molar-refractivity contribution in [1.82, 2.24) is 14.8 Å². The summed E-state index contributed by atoms with van der Waals surface area (Å²) in [4.78, 5) is 4.09. The molecule has 0 aliphatic rings. The van der Waals surface area contributed by atoms with Crippen LogP contribution in [-0.4, -0.2) is 26.5 Å². The van der Waals surface area contributed by atoms with Crippen LogP contribution in [0.25, 0.3) is 0 Å². The maximum Gasteiger partial charge on any atom is 0.153 e. The fourth-order valence-corrected chi connectivity index (χ4v) is 0.733. The van der Waals surface area contributed by atoms with E-state index in [2.05, 4.69) is 10.1 Å². The third-order valence-electron chi connectivity index (χ3n) is 1.36. The van der Waals surface area contributed by atoms with Crippen LogP contribution in [0, 0.1) is 6.92 Å². The molecule has 0 aliphatic heterocycles. The molecule has 10 heavy (non-hydrogen) atoms. The van der Waals surface area contributed by atoms with Crippen molar-refractivity contribution in [1.29, 1.82) is 0 Å². The summed E-state index contributed by atoms with van der Waals surface area (Å²) in [5.41, 5.74) is 0. The van der Waals surface area contributed by atoms with Crippen LogP contribution in [-0.2, 0) is 13.5 Å². The van der Waals surface area contributed by atoms with Gasteiger partial charge in [0.2, 0.25) is 0 Å². The molecule has 0 spiro atoms. The van der Waals surface area contributed by atoms with Gasteiger partial charge in [-0.15, -0.1) is 0 Å². The molecule has 1 heterocycles. The van der Waals surface area contributed by atoms with Crippen LogP contribution in [0.2, 0.25) is 0 Å². The van der Waals surface area contributed by atoms with E-state index in [4.69, 9.17) is 5.11 Å². The summed E-state index contributed by atoms with van der Waals surface area (Å²) >= 11 is 0. The van der Waals surface area contributed by atoms with E-state index in [0.717, 1.165) is 5.82 Å². The first-order valence-corrected chi connectivity index (χ1v) is 3.21. The molecule has 4 heteroatoms. The molecule has 0 aromatic carbocycles. The van der Waals surface area contributed by atoms with E-state index in [1.54, 1.807) is 4.68 Å². The monoisotopic (exact) mass is 141 g/mol. The molecule has 56 valence electrons. The molecule has 0 saturated carbocycles. The van der Waals surface area contributed by atoms with Gasteiger partial charge in [-0.1, -0.05) is 0 Å². The van der Waals surface area contributed by atoms with E-state index >= 15 is 0 Å². The van der Waals surface area contributed by atoms with Gasteiger partial charge >= 0.3 is 0 Å². The van der Waals surface area contributed by atoms with Gasteiger partial charge in [0.1, 0.15) is 5.82 Å². The quantitative estimate of drug-likeness (QED) is 0.613. The predicted molar refractivity (Wildman–Crippen MR) is 36.5 cm³/mol. The van der Waals surface area contributed by atoms with Gasteiger partial charge in [-0.2, -0.15) is 5.10 Å². The second kappa shape index (κ2) is 2.79. The van der Waals surface area contributed by atoms with Crippen molar-refractivity contribution in [2.45, 2.75) is 13.3 Å². The lowest BCUT2D eigenvalue weighted by molar-refractivity contribution is 0.296. The minimum absolute atomic E-state index is 0.115. The van der Waals surface area contributed by atoms with E-state index in [1.807, 2.05) is 14.0 Å². The summed E-state index contributed by atoms with van der Waals surface area (Å²) < 4.78 is 1.70. The highest BCUT2D eigenvalue weighted by atomic mass is 16.3. The summed E-state index contributed by atoms with van der Waals surface area (Å²) in [6.07, 6.45) is 0.543. The van der Waals surface area contributed by atoms with Crippen molar-refractivity contribution in [3.05, 3.63) is 11.6 Å². The number of nitrogens with zero attached hydrogens (tertiary/aromatic N) is 3. The van der Waals surface area contributed by atoms with Gasteiger partial charge in [-0.05, 0) is 6.92 Å². The molecule has 1 aromatic rings. The molecule has 0 amide bonds. The zero-order valence-electron chi connectivity index (χ0n) is 6.20. The molecule has 1 N–H and O–H groups in total. The number of aromatic nitrogens is 3. The van der Waals surface area contributed by atoms with Crippen LogP contribution in [0.5, 0.6) is 0 Å². The maximum absolute atomic E-state index is 8.53. The fraction of sp³-hybridized carbons (Fsp3) is 0.667. The van der Waals surface area contributed by atoms with Gasteiger partial charge in [0.05, 0.1) is 6.61 Å². The molecule has 0 fully saturated rings. The first-order valence-electron chi connectivity index (χ1n) is 3.21. The van der Waals surface area contributed by atoms with Gasteiger partial charge in [-0.3, -0.25) is 4.68 Å². The summed E-state index contributed by atoms with van der Waals surface area (Å²) in [5.74, 6) is 1.59. The normalized spacial score (nSPS) is 10.3. The summed E-state index contributed by atoms with van der Waals surface area (Å²) in [5, 5.41) is 12.6. The van der Waals surface area contributed by atoms with Crippen molar-refractivity contribution in [3.63, 3.8) is 0 Å². The maximum atomic E-state index is 8.53. The van der Waals surface area contributed by atoms with Crippen LogP contribution in [0.1, 0.15) is 11.6 Å². The number of rotatable bonds is 2. The minimum Gasteiger partial charge on any atom is -0.396 e. The molecule has 1 aromatic heterocycles. The number of aliphatic hydroxyl groups is 1. The van der Waals surface area contributed by atoms with E-state index in [1.165, 1.54) is 0 Å². The third-order valence-corrected chi connectivity index (χ3v) is 1.36. The second-order valence-electron chi connectivity index (χ2n) is 2.17. The average Bonchev–Trinajstić information content (AvgIpc) is 2.14. The molecular weight excluding hydrogens is 130 g/mol. The summed E-state index contributed by atoms with van der Waals surface area (Å²) in [6.45, 7) is 2.00. The van der Waals surface area contributed by atoms with Gasteiger partial charge < -0.3 is 5.11 Å². The minimum atomic E-state index is 0.115. The van der Waals surface area contributed by atoms with Crippen molar-refractivity contribution < 1.29 is 5.11 Å². The Kier molecular flexibility index (Phi) is 2.01. The standard InChI is InChI=1S/C6H11N3O/c1-5-7-6(3-4-10)8-9(5)2/h10H,3-4H2,1-2H3. The molecule has 1 rings (SSSR count). The Morgan fingerprint density at radius 2 is 2.30 bits per heavy atom. The van der Waals surface area contributed by atoms with Crippen LogP contribution in [0.15, 0.2) is 0 Å². The fourth-order valence-electron chi connectivity index (χ4n) is 0.733. The van der Waals surface area contributed by atoms with Crippen LogP contribution < -0.4 is 0 Å². The summed E-state index contributed by atoms with van der Waals surface area (Å²) in [6, 6.07) is 0. The van der Waals surface area contributed by atoms with Crippen LogP contribution >= 0.6 is 0 Å². The first-order chi connectivity index (χ1) is 4.74. The highest BCUT2D eigenvalue weighted by Crippen LogP contribution is 1.93. The van der Waals surface area contributed by atoms with Gasteiger partial charge in [0.15, 0.2) is 5.82 Å². The Morgan fingerprint density at radius 3 is 2.70 bits per heavy atom. The largest absolute Gasteiger partial charge is 0.396 e. The highest BCUT2D eigenvalue weighted by molar-refractivity contribution is 4.89. The predicted octanol–water partition coefficient (Wildman–Crippen LogP) is -0.342. The molecule has 0 unspecified atom stereocenters. The van der Waals surface area contributed by atoms with Crippen molar-refractivity contribution in [2.24, 2.45) is 7.05 Å². The smallest absolute Gasteiger partial charge is 0.153 e. The SMILES string of the molecule is Cc1nc(CCO)nn1C. The molecular formula is C6H11N3O. The average molecular weight is 141 g/mol. The third kappa shape index (κ3) is 1.33. The van der Waals surface area contributed by atoms with Gasteiger partial charge in [0, 0.05) is 13.5 Å². The van der Waals surface area contributed by atoms with Gasteiger partial charge in [0.25, 0.3) is 0 Å². The number of aliphatic hydroxyl groups excluding tert-OH is 1. The van der Waals surface area contributed by atoms with Gasteiger partial charge in [-0.25, -0.2) is 4.98 Å². The van der Waals surface area contributed by atoms with Crippen molar-refractivity contribution in [2.75, 3.05) is 6.61 Å². The zero-order chi connectivity index (χ0) is 7.56. The Morgan fingerprint density at radius 1 is 1.60 bits per heavy atom. The lowest BCUT2D eigenvalue weighted by Crippen LogP contribution is -1.95. The Labute approximate surface area is 59.5 Å². The molecule has 0 atom stereocenters. The van der Waals surface area contributed by atoms with E-state index in [-0.39, 0.29) is 6.61 Å². The van der Waals surface area contributed by atoms with Crippen LogP contribution in [0.3, 0.4) is 0 Å². The first kappa shape index (κ1) is 7.21. The lowest BCUT2D eigenvalue weighted by Gasteiger charge is -1.86. The lowest BCUT2D eigenvalue weighted by atomic mass is 10.4. The molecule has 4 nitrogen and oxygen atoms in total. The van der Waals surface area contributed by atoms with E-state index in [0.29, 0.717) is 12.2 Å². The number of aryl methyl sites for hydroxylation is 2. The summed E-state index contributed by atoms with van der Waals surface area (Å²) in [7, 11) is 1.84. The molecule has 0 bridgehead atoms. The molecule has 0 radical (unpaired) electrons.